The molecule has 9 heteroatoms. The van der Waals surface area contributed by atoms with E-state index in [0.717, 1.165) is 10.1 Å². The summed E-state index contributed by atoms with van der Waals surface area (Å²) in [7, 11) is 2.99. The van der Waals surface area contributed by atoms with Crippen molar-refractivity contribution in [1.29, 1.82) is 0 Å². The van der Waals surface area contributed by atoms with E-state index < -0.39 is 23.3 Å². The molecule has 2 aromatic heterocycles. The summed E-state index contributed by atoms with van der Waals surface area (Å²) in [4.78, 5) is 53.0. The lowest BCUT2D eigenvalue weighted by Crippen LogP contribution is -2.39. The molecule has 1 N–H and O–H groups in total. The van der Waals surface area contributed by atoms with Gasteiger partial charge in [-0.2, -0.15) is 0 Å². The molecule has 0 saturated carbocycles. The zero-order valence-corrected chi connectivity index (χ0v) is 17.1. The summed E-state index contributed by atoms with van der Waals surface area (Å²) in [5.74, 6) is -0.784. The number of carbonyl (C=O) groups excluding carboxylic acids is 2. The Morgan fingerprint density at radius 2 is 1.82 bits per heavy atom. The fraction of sp³-hybridized carbons (Fsp3) is 0.526. The Bertz CT molecular complexity index is 1050. The predicted octanol–water partition coefficient (Wildman–Crippen LogP) is 0.249. The summed E-state index contributed by atoms with van der Waals surface area (Å²) < 4.78 is 7.26. The van der Waals surface area contributed by atoms with Crippen LogP contribution in [0.15, 0.2) is 9.59 Å². The van der Waals surface area contributed by atoms with Gasteiger partial charge < -0.3 is 10.1 Å². The maximum absolute atomic E-state index is 12.6. The third-order valence-corrected chi connectivity index (χ3v) is 4.79. The SMILES string of the molecule is CCOC(=O)C(C)NC(=O)CCc1c(C)nc2c(c1C)c(=O)n(C)c(=O)n2C. The van der Waals surface area contributed by atoms with Crippen molar-refractivity contribution in [2.24, 2.45) is 14.1 Å². The number of pyridine rings is 1. The van der Waals surface area contributed by atoms with Gasteiger partial charge in [0.05, 0.1) is 12.0 Å². The number of fused-ring (bicyclic) bond motifs is 1. The molecule has 0 bridgehead atoms. The van der Waals surface area contributed by atoms with Gasteiger partial charge in [-0.3, -0.25) is 18.7 Å². The summed E-state index contributed by atoms with van der Waals surface area (Å²) in [6, 6.07) is -0.730. The third-order valence-electron chi connectivity index (χ3n) is 4.79. The number of aryl methyl sites for hydroxylation is 3. The average molecular weight is 390 g/mol. The van der Waals surface area contributed by atoms with Crippen molar-refractivity contribution in [3.05, 3.63) is 37.7 Å². The van der Waals surface area contributed by atoms with Crippen LogP contribution in [-0.4, -0.2) is 38.6 Å². The van der Waals surface area contributed by atoms with Gasteiger partial charge in [-0.05, 0) is 45.2 Å². The number of aromatic nitrogens is 3. The van der Waals surface area contributed by atoms with Gasteiger partial charge >= 0.3 is 11.7 Å². The number of amides is 1. The molecule has 1 atom stereocenters. The lowest BCUT2D eigenvalue weighted by Gasteiger charge is -2.16. The van der Waals surface area contributed by atoms with E-state index in [1.54, 1.807) is 34.7 Å². The molecule has 0 radical (unpaired) electrons. The predicted molar refractivity (Wildman–Crippen MR) is 104 cm³/mol. The summed E-state index contributed by atoms with van der Waals surface area (Å²) in [5.41, 5.74) is 1.60. The number of ether oxygens (including phenoxy) is 1. The minimum atomic E-state index is -0.730. The van der Waals surface area contributed by atoms with Gasteiger partial charge in [-0.25, -0.2) is 14.6 Å². The van der Waals surface area contributed by atoms with E-state index in [-0.39, 0.29) is 18.9 Å². The van der Waals surface area contributed by atoms with Crippen LogP contribution in [0.3, 0.4) is 0 Å². The highest BCUT2D eigenvalue weighted by molar-refractivity contribution is 5.84. The molecular formula is C19H26N4O5. The lowest BCUT2D eigenvalue weighted by atomic mass is 9.99. The molecule has 0 spiro atoms. The topological polar surface area (TPSA) is 112 Å². The van der Waals surface area contributed by atoms with Crippen LogP contribution in [-0.2, 0) is 34.8 Å². The molecule has 1 amide bonds. The van der Waals surface area contributed by atoms with Crippen LogP contribution in [0.4, 0.5) is 0 Å². The normalized spacial score (nSPS) is 12.1. The second-order valence-electron chi connectivity index (χ2n) is 6.75. The Morgan fingerprint density at radius 1 is 1.18 bits per heavy atom. The second-order valence-corrected chi connectivity index (χ2v) is 6.75. The number of nitrogens with one attached hydrogen (secondary N) is 1. The monoisotopic (exact) mass is 390 g/mol. The molecule has 0 aliphatic heterocycles. The minimum Gasteiger partial charge on any atom is -0.464 e. The van der Waals surface area contributed by atoms with E-state index in [1.807, 2.05) is 0 Å². The molecule has 1 unspecified atom stereocenters. The van der Waals surface area contributed by atoms with E-state index >= 15 is 0 Å². The van der Waals surface area contributed by atoms with Crippen molar-refractivity contribution in [2.45, 2.75) is 46.6 Å². The largest absolute Gasteiger partial charge is 0.464 e. The first kappa shape index (κ1) is 21.3. The van der Waals surface area contributed by atoms with Crippen LogP contribution < -0.4 is 16.6 Å². The highest BCUT2D eigenvalue weighted by Crippen LogP contribution is 2.20. The third kappa shape index (κ3) is 3.97. The fourth-order valence-corrected chi connectivity index (χ4v) is 3.19. The first-order valence-electron chi connectivity index (χ1n) is 9.11. The molecule has 0 aromatic carbocycles. The molecular weight excluding hydrogens is 364 g/mol. The van der Waals surface area contributed by atoms with E-state index in [1.165, 1.54) is 11.6 Å². The zero-order chi connectivity index (χ0) is 21.2. The van der Waals surface area contributed by atoms with E-state index in [2.05, 4.69) is 10.3 Å². The van der Waals surface area contributed by atoms with Crippen molar-refractivity contribution in [3.63, 3.8) is 0 Å². The Kier molecular flexibility index (Phi) is 6.37. The van der Waals surface area contributed by atoms with Gasteiger partial charge in [0.2, 0.25) is 5.91 Å². The molecule has 2 aromatic rings. The van der Waals surface area contributed by atoms with Gasteiger partial charge in [0, 0.05) is 26.2 Å². The highest BCUT2D eigenvalue weighted by atomic mass is 16.5. The van der Waals surface area contributed by atoms with Crippen molar-refractivity contribution in [3.8, 4) is 0 Å². The smallest absolute Gasteiger partial charge is 0.332 e. The van der Waals surface area contributed by atoms with E-state index in [4.69, 9.17) is 4.74 Å². The van der Waals surface area contributed by atoms with Crippen molar-refractivity contribution >= 4 is 22.9 Å². The quantitative estimate of drug-likeness (QED) is 0.708. The number of hydrogen-bond acceptors (Lipinski definition) is 6. The molecule has 9 nitrogen and oxygen atoms in total. The van der Waals surface area contributed by atoms with Crippen molar-refractivity contribution < 1.29 is 14.3 Å². The van der Waals surface area contributed by atoms with E-state index in [9.17, 15) is 19.2 Å². The highest BCUT2D eigenvalue weighted by Gasteiger charge is 2.19. The summed E-state index contributed by atoms with van der Waals surface area (Å²) in [6.45, 7) is 7.08. The maximum atomic E-state index is 12.6. The minimum absolute atomic E-state index is 0.130. The van der Waals surface area contributed by atoms with E-state index in [0.29, 0.717) is 28.7 Å². The molecule has 28 heavy (non-hydrogen) atoms. The van der Waals surface area contributed by atoms with Gasteiger partial charge in [-0.15, -0.1) is 0 Å². The zero-order valence-electron chi connectivity index (χ0n) is 17.1. The molecule has 0 aliphatic rings. The Balaban J connectivity index is 2.31. The molecule has 2 heterocycles. The van der Waals surface area contributed by atoms with Gasteiger partial charge in [-0.1, -0.05) is 0 Å². The van der Waals surface area contributed by atoms with Gasteiger partial charge in [0.15, 0.2) is 0 Å². The summed E-state index contributed by atoms with van der Waals surface area (Å²) in [5, 5.41) is 2.97. The number of hydrogen-bond donors (Lipinski definition) is 1. The second kappa shape index (κ2) is 8.37. The van der Waals surface area contributed by atoms with Crippen molar-refractivity contribution in [1.82, 2.24) is 19.4 Å². The summed E-state index contributed by atoms with van der Waals surface area (Å²) in [6.07, 6.45) is 0.485. The maximum Gasteiger partial charge on any atom is 0.332 e. The van der Waals surface area contributed by atoms with Crippen LogP contribution in [0.25, 0.3) is 11.0 Å². The Hall–Kier alpha value is -2.97. The van der Waals surface area contributed by atoms with Gasteiger partial charge in [0.1, 0.15) is 11.7 Å². The molecule has 0 saturated heterocycles. The number of carbonyl (C=O) groups is 2. The Labute approximate surface area is 162 Å². The molecule has 0 fully saturated rings. The number of esters is 1. The fourth-order valence-electron chi connectivity index (χ4n) is 3.19. The van der Waals surface area contributed by atoms with Crippen LogP contribution in [0, 0.1) is 13.8 Å². The summed E-state index contributed by atoms with van der Waals surface area (Å²) >= 11 is 0. The van der Waals surface area contributed by atoms with Gasteiger partial charge in [0.25, 0.3) is 5.56 Å². The molecule has 0 aliphatic carbocycles. The average Bonchev–Trinajstić information content (AvgIpc) is 2.64. The Morgan fingerprint density at radius 3 is 2.43 bits per heavy atom. The van der Waals surface area contributed by atoms with Crippen LogP contribution in [0.1, 0.15) is 37.1 Å². The molecule has 152 valence electrons. The lowest BCUT2D eigenvalue weighted by molar-refractivity contribution is -0.146. The number of nitrogens with zero attached hydrogens (tertiary/aromatic N) is 3. The first-order valence-corrected chi connectivity index (χ1v) is 9.11. The van der Waals surface area contributed by atoms with Crippen molar-refractivity contribution in [2.75, 3.05) is 6.61 Å². The number of rotatable bonds is 6. The van der Waals surface area contributed by atoms with Crippen LogP contribution in [0.5, 0.6) is 0 Å². The first-order chi connectivity index (χ1) is 13.1. The van der Waals surface area contributed by atoms with Crippen LogP contribution in [0.2, 0.25) is 0 Å². The standard InChI is InChI=1S/C19H26N4O5/c1-7-28-18(26)12(4)20-14(24)9-8-13-10(2)15-16(21-11(13)3)22(5)19(27)23(6)17(15)25/h12H,7-9H2,1-6H3,(H,20,24). The van der Waals surface area contributed by atoms with Crippen LogP contribution >= 0.6 is 0 Å². The molecule has 2 rings (SSSR count).